The summed E-state index contributed by atoms with van der Waals surface area (Å²) < 4.78 is 5.11. The molecule has 98 valence electrons. The highest BCUT2D eigenvalue weighted by molar-refractivity contribution is 7.16. The molecule has 0 unspecified atom stereocenters. The summed E-state index contributed by atoms with van der Waals surface area (Å²) in [7, 11) is 0. The highest BCUT2D eigenvalue weighted by Crippen LogP contribution is 2.18. The average molecular weight is 287 g/mol. The van der Waals surface area contributed by atoms with Gasteiger partial charge in [-0.3, -0.25) is 5.32 Å². The number of hydrogen-bond donors (Lipinski definition) is 1. The molecule has 18 heavy (non-hydrogen) atoms. The molecular formula is C12H15ClN2O2S. The van der Waals surface area contributed by atoms with Gasteiger partial charge in [-0.05, 0) is 20.8 Å². The summed E-state index contributed by atoms with van der Waals surface area (Å²) in [5, 5.41) is 3.03. The molecule has 1 aromatic heterocycles. The number of amides is 1. The van der Waals surface area contributed by atoms with E-state index >= 15 is 0 Å². The van der Waals surface area contributed by atoms with Crippen molar-refractivity contribution in [2.24, 2.45) is 0 Å². The molecule has 0 atom stereocenters. The van der Waals surface area contributed by atoms with Crippen molar-refractivity contribution in [3.8, 4) is 11.8 Å². The lowest BCUT2D eigenvalue weighted by Crippen LogP contribution is -2.27. The van der Waals surface area contributed by atoms with Crippen molar-refractivity contribution in [1.29, 1.82) is 0 Å². The fourth-order valence-electron chi connectivity index (χ4n) is 0.977. The molecule has 1 rings (SSSR count). The molecule has 0 aliphatic rings. The van der Waals surface area contributed by atoms with Crippen LogP contribution >= 0.6 is 22.9 Å². The lowest BCUT2D eigenvalue weighted by atomic mass is 10.2. The minimum Gasteiger partial charge on any atom is -0.444 e. The number of nitrogens with zero attached hydrogens (tertiary/aromatic N) is 1. The number of aromatic nitrogens is 1. The standard InChI is InChI=1S/C12H15ClN2O2S/c1-12(2,3)17-11(16)15-10-14-8-9(18-10)6-4-5-7-13/h8H,5,7H2,1-3H3,(H,14,15,16). The Kier molecular flexibility index (Phi) is 5.45. The third-order valence-electron chi connectivity index (χ3n) is 1.54. The Hall–Kier alpha value is -1.25. The Morgan fingerprint density at radius 1 is 1.61 bits per heavy atom. The summed E-state index contributed by atoms with van der Waals surface area (Å²) in [5.41, 5.74) is -0.523. The van der Waals surface area contributed by atoms with Crippen molar-refractivity contribution in [2.45, 2.75) is 32.8 Å². The van der Waals surface area contributed by atoms with E-state index in [4.69, 9.17) is 16.3 Å². The number of nitrogens with one attached hydrogen (secondary N) is 1. The van der Waals surface area contributed by atoms with Gasteiger partial charge in [0.1, 0.15) is 5.60 Å². The second kappa shape index (κ2) is 6.62. The van der Waals surface area contributed by atoms with E-state index in [-0.39, 0.29) is 0 Å². The van der Waals surface area contributed by atoms with Crippen LogP contribution in [0.2, 0.25) is 0 Å². The largest absolute Gasteiger partial charge is 0.444 e. The zero-order valence-electron chi connectivity index (χ0n) is 10.5. The maximum Gasteiger partial charge on any atom is 0.413 e. The number of ether oxygens (including phenoxy) is 1. The Bertz CT molecular complexity index is 468. The fraction of sp³-hybridized carbons (Fsp3) is 0.500. The van der Waals surface area contributed by atoms with Crippen LogP contribution in [0.1, 0.15) is 32.1 Å². The van der Waals surface area contributed by atoms with E-state index in [2.05, 4.69) is 22.1 Å². The molecule has 6 heteroatoms. The molecule has 1 heterocycles. The third kappa shape index (κ3) is 5.89. The second-order valence-electron chi connectivity index (χ2n) is 4.40. The number of thiazole rings is 1. The van der Waals surface area contributed by atoms with Crippen LogP contribution in [0, 0.1) is 11.8 Å². The van der Waals surface area contributed by atoms with Gasteiger partial charge in [-0.2, -0.15) is 0 Å². The fourth-order valence-corrected chi connectivity index (χ4v) is 1.75. The molecule has 1 aromatic rings. The van der Waals surface area contributed by atoms with Crippen LogP contribution in [-0.2, 0) is 4.74 Å². The highest BCUT2D eigenvalue weighted by atomic mass is 35.5. The minimum atomic E-state index is -0.523. The number of alkyl halides is 1. The summed E-state index contributed by atoms with van der Waals surface area (Å²) in [6.07, 6.45) is 1.73. The molecule has 1 amide bonds. The van der Waals surface area contributed by atoms with Gasteiger partial charge in [0.25, 0.3) is 0 Å². The first kappa shape index (κ1) is 14.8. The summed E-state index contributed by atoms with van der Waals surface area (Å²) in [5.74, 6) is 6.33. The molecule has 0 aliphatic heterocycles. The van der Waals surface area contributed by atoms with E-state index in [1.807, 2.05) is 0 Å². The second-order valence-corrected chi connectivity index (χ2v) is 5.81. The Balaban J connectivity index is 2.55. The summed E-state index contributed by atoms with van der Waals surface area (Å²) >= 11 is 6.81. The molecular weight excluding hydrogens is 272 g/mol. The van der Waals surface area contributed by atoms with Crippen LogP contribution < -0.4 is 5.32 Å². The van der Waals surface area contributed by atoms with Gasteiger partial charge in [0, 0.05) is 12.3 Å². The van der Waals surface area contributed by atoms with Gasteiger partial charge >= 0.3 is 6.09 Å². The first-order valence-corrected chi connectivity index (χ1v) is 6.76. The van der Waals surface area contributed by atoms with Crippen molar-refractivity contribution < 1.29 is 9.53 Å². The van der Waals surface area contributed by atoms with E-state index in [9.17, 15) is 4.79 Å². The van der Waals surface area contributed by atoms with E-state index in [0.717, 1.165) is 4.88 Å². The number of carbonyl (C=O) groups excluding carboxylic acids is 1. The monoisotopic (exact) mass is 286 g/mol. The number of carbonyl (C=O) groups is 1. The molecule has 0 aliphatic carbocycles. The van der Waals surface area contributed by atoms with Crippen molar-refractivity contribution in [2.75, 3.05) is 11.2 Å². The molecule has 0 spiro atoms. The molecule has 4 nitrogen and oxygen atoms in total. The third-order valence-corrected chi connectivity index (χ3v) is 2.56. The molecule has 0 aromatic carbocycles. The number of rotatable bonds is 2. The van der Waals surface area contributed by atoms with Crippen LogP contribution in [-0.4, -0.2) is 22.6 Å². The molecule has 0 saturated heterocycles. The van der Waals surface area contributed by atoms with Gasteiger partial charge in [0.2, 0.25) is 0 Å². The van der Waals surface area contributed by atoms with E-state index in [1.165, 1.54) is 11.3 Å². The Morgan fingerprint density at radius 3 is 2.94 bits per heavy atom. The van der Waals surface area contributed by atoms with E-state index < -0.39 is 11.7 Å². The zero-order valence-corrected chi connectivity index (χ0v) is 12.1. The molecule has 0 radical (unpaired) electrons. The Labute approximate surface area is 116 Å². The van der Waals surface area contributed by atoms with Gasteiger partial charge in [-0.1, -0.05) is 23.2 Å². The predicted molar refractivity (Wildman–Crippen MR) is 74.2 cm³/mol. The van der Waals surface area contributed by atoms with Gasteiger partial charge in [0.15, 0.2) is 5.13 Å². The van der Waals surface area contributed by atoms with Crippen LogP contribution in [0.4, 0.5) is 9.93 Å². The number of halogens is 1. The van der Waals surface area contributed by atoms with Crippen LogP contribution in [0.3, 0.4) is 0 Å². The first-order chi connectivity index (χ1) is 8.40. The minimum absolute atomic E-state index is 0.472. The van der Waals surface area contributed by atoms with Crippen LogP contribution in [0.5, 0.6) is 0 Å². The lowest BCUT2D eigenvalue weighted by Gasteiger charge is -2.18. The molecule has 0 fully saturated rings. The van der Waals surface area contributed by atoms with Crippen molar-refractivity contribution >= 4 is 34.2 Å². The van der Waals surface area contributed by atoms with Gasteiger partial charge in [-0.15, -0.1) is 11.6 Å². The summed E-state index contributed by atoms with van der Waals surface area (Å²) in [4.78, 5) is 16.3. The van der Waals surface area contributed by atoms with Crippen molar-refractivity contribution in [1.82, 2.24) is 4.98 Å². The van der Waals surface area contributed by atoms with Crippen LogP contribution in [0.15, 0.2) is 6.20 Å². The molecule has 0 bridgehead atoms. The summed E-state index contributed by atoms with van der Waals surface area (Å²) in [6.45, 7) is 5.41. The lowest BCUT2D eigenvalue weighted by molar-refractivity contribution is 0.0636. The van der Waals surface area contributed by atoms with E-state index in [1.54, 1.807) is 27.0 Å². The van der Waals surface area contributed by atoms with Crippen LogP contribution in [0.25, 0.3) is 0 Å². The summed E-state index contributed by atoms with van der Waals surface area (Å²) in [6, 6.07) is 0. The SMILES string of the molecule is CC(C)(C)OC(=O)Nc1ncc(C#CCCCl)s1. The number of hydrogen-bond acceptors (Lipinski definition) is 4. The quantitative estimate of drug-likeness (QED) is 0.669. The first-order valence-electron chi connectivity index (χ1n) is 5.41. The van der Waals surface area contributed by atoms with Crippen molar-refractivity contribution in [3.63, 3.8) is 0 Å². The van der Waals surface area contributed by atoms with E-state index in [0.29, 0.717) is 17.4 Å². The predicted octanol–water partition coefficient (Wildman–Crippen LogP) is 3.47. The van der Waals surface area contributed by atoms with Gasteiger partial charge < -0.3 is 4.74 Å². The average Bonchev–Trinajstić information content (AvgIpc) is 2.63. The number of anilines is 1. The normalized spacial score (nSPS) is 10.4. The topological polar surface area (TPSA) is 51.2 Å². The zero-order chi connectivity index (χ0) is 13.6. The highest BCUT2D eigenvalue weighted by Gasteiger charge is 2.16. The Morgan fingerprint density at radius 2 is 2.33 bits per heavy atom. The molecule has 1 N–H and O–H groups in total. The maximum atomic E-state index is 11.5. The molecule has 0 saturated carbocycles. The van der Waals surface area contributed by atoms with Gasteiger partial charge in [-0.25, -0.2) is 9.78 Å². The van der Waals surface area contributed by atoms with Crippen molar-refractivity contribution in [3.05, 3.63) is 11.1 Å². The smallest absolute Gasteiger partial charge is 0.413 e. The maximum absolute atomic E-state index is 11.5. The van der Waals surface area contributed by atoms with Gasteiger partial charge in [0.05, 0.1) is 11.1 Å².